The summed E-state index contributed by atoms with van der Waals surface area (Å²) in [7, 11) is 1.60. The van der Waals surface area contributed by atoms with Crippen molar-refractivity contribution in [2.75, 3.05) is 19.4 Å². The van der Waals surface area contributed by atoms with Crippen molar-refractivity contribution in [2.45, 2.75) is 25.1 Å². The van der Waals surface area contributed by atoms with Crippen LogP contribution in [0.2, 0.25) is 0 Å². The normalized spacial score (nSPS) is 11.5. The minimum Gasteiger partial charge on any atom is -0.497 e. The lowest BCUT2D eigenvalue weighted by molar-refractivity contribution is -0.152. The van der Waals surface area contributed by atoms with Gasteiger partial charge in [0, 0.05) is 12.2 Å². The van der Waals surface area contributed by atoms with Gasteiger partial charge in [0.05, 0.1) is 12.9 Å². The quantitative estimate of drug-likeness (QED) is 0.397. The molecule has 0 saturated heterocycles. The highest BCUT2D eigenvalue weighted by atomic mass is 32.2. The number of nitrogens with one attached hydrogen (secondary N) is 1. The van der Waals surface area contributed by atoms with Crippen LogP contribution >= 0.6 is 11.8 Å². The Bertz CT molecular complexity index is 804. The largest absolute Gasteiger partial charge is 0.497 e. The molecule has 2 rings (SSSR count). The molecule has 0 spiro atoms. The zero-order chi connectivity index (χ0) is 19.8. The Morgan fingerprint density at radius 2 is 2.04 bits per heavy atom. The molecule has 1 N–H and O–H groups in total. The van der Waals surface area contributed by atoms with E-state index in [1.54, 1.807) is 13.2 Å². The van der Waals surface area contributed by atoms with Crippen molar-refractivity contribution in [1.29, 1.82) is 0 Å². The van der Waals surface area contributed by atoms with Gasteiger partial charge in [-0.3, -0.25) is 14.2 Å². The summed E-state index contributed by atoms with van der Waals surface area (Å²) in [5, 5.41) is 11.3. The molecule has 0 unspecified atom stereocenters. The molecule has 144 valence electrons. The molecule has 1 aromatic heterocycles. The third kappa shape index (κ3) is 5.58. The van der Waals surface area contributed by atoms with Gasteiger partial charge < -0.3 is 14.8 Å². The van der Waals surface area contributed by atoms with E-state index in [0.717, 1.165) is 11.4 Å². The van der Waals surface area contributed by atoms with Crippen molar-refractivity contribution >= 4 is 23.6 Å². The second kappa shape index (κ2) is 9.77. The summed E-state index contributed by atoms with van der Waals surface area (Å²) in [6.45, 7) is 7.18. The van der Waals surface area contributed by atoms with Crippen LogP contribution in [0.15, 0.2) is 42.1 Å². The molecule has 1 heterocycles. The molecule has 0 fully saturated rings. The monoisotopic (exact) mass is 390 g/mol. The van der Waals surface area contributed by atoms with E-state index in [1.165, 1.54) is 18.7 Å². The van der Waals surface area contributed by atoms with Gasteiger partial charge in [-0.15, -0.1) is 16.8 Å². The lowest BCUT2D eigenvalue weighted by Crippen LogP contribution is -2.36. The van der Waals surface area contributed by atoms with Crippen LogP contribution in [0.1, 0.15) is 12.7 Å². The molecule has 1 amide bonds. The molecule has 9 heteroatoms. The number of hydrogen-bond acceptors (Lipinski definition) is 7. The van der Waals surface area contributed by atoms with Gasteiger partial charge in [0.2, 0.25) is 0 Å². The molecular formula is C18H22N4O4S. The highest BCUT2D eigenvalue weighted by Gasteiger charge is 2.19. The van der Waals surface area contributed by atoms with E-state index in [-0.39, 0.29) is 11.7 Å². The second-order valence-corrected chi connectivity index (χ2v) is 6.46. The summed E-state index contributed by atoms with van der Waals surface area (Å²) < 4.78 is 12.1. The van der Waals surface area contributed by atoms with Gasteiger partial charge in [0.25, 0.3) is 5.91 Å². The standard InChI is InChI=1S/C18H22N4O4S/c1-5-10-19-17(24)12(2)26-16(23)11-27-18-21-20-13(3)22(18)14-6-8-15(25-4)9-7-14/h5-9,12H,1,10-11H2,2-4H3,(H,19,24)/t12-/m1/s1. The highest BCUT2D eigenvalue weighted by Crippen LogP contribution is 2.23. The molecule has 0 aliphatic rings. The number of benzene rings is 1. The number of carbonyl (C=O) groups excluding carboxylic acids is 2. The Morgan fingerprint density at radius 1 is 1.33 bits per heavy atom. The number of ether oxygens (including phenoxy) is 2. The lowest BCUT2D eigenvalue weighted by Gasteiger charge is -2.13. The molecular weight excluding hydrogens is 368 g/mol. The van der Waals surface area contributed by atoms with Crippen LogP contribution in [0.25, 0.3) is 5.69 Å². The van der Waals surface area contributed by atoms with Crippen molar-refractivity contribution < 1.29 is 19.1 Å². The Kier molecular flexibility index (Phi) is 7.42. The maximum absolute atomic E-state index is 12.0. The molecule has 0 radical (unpaired) electrons. The fraction of sp³-hybridized carbons (Fsp3) is 0.333. The number of esters is 1. The summed E-state index contributed by atoms with van der Waals surface area (Å²) >= 11 is 1.19. The number of methoxy groups -OCH3 is 1. The number of amides is 1. The van der Waals surface area contributed by atoms with Gasteiger partial charge in [-0.25, -0.2) is 0 Å². The zero-order valence-electron chi connectivity index (χ0n) is 15.5. The summed E-state index contributed by atoms with van der Waals surface area (Å²) in [5.74, 6) is 0.556. The molecule has 2 aromatic rings. The molecule has 0 aliphatic carbocycles. The summed E-state index contributed by atoms with van der Waals surface area (Å²) in [6, 6.07) is 7.43. The average molecular weight is 390 g/mol. The summed E-state index contributed by atoms with van der Waals surface area (Å²) in [6.07, 6.45) is 0.677. The second-order valence-electron chi connectivity index (χ2n) is 5.52. The first-order chi connectivity index (χ1) is 13.0. The van der Waals surface area contributed by atoms with E-state index in [1.807, 2.05) is 35.8 Å². The average Bonchev–Trinajstić information content (AvgIpc) is 3.04. The number of thioether (sulfide) groups is 1. The highest BCUT2D eigenvalue weighted by molar-refractivity contribution is 7.99. The first kappa shape index (κ1) is 20.5. The van der Waals surface area contributed by atoms with E-state index in [2.05, 4.69) is 22.1 Å². The number of nitrogens with zero attached hydrogens (tertiary/aromatic N) is 3. The molecule has 1 aromatic carbocycles. The van der Waals surface area contributed by atoms with Crippen LogP contribution in [0.5, 0.6) is 5.75 Å². The molecule has 0 aliphatic heterocycles. The molecule has 0 bridgehead atoms. The van der Waals surface area contributed by atoms with Crippen molar-refractivity contribution in [1.82, 2.24) is 20.1 Å². The van der Waals surface area contributed by atoms with Crippen LogP contribution in [0.4, 0.5) is 0 Å². The van der Waals surface area contributed by atoms with Crippen LogP contribution in [-0.2, 0) is 14.3 Å². The number of aryl methyl sites for hydroxylation is 1. The maximum Gasteiger partial charge on any atom is 0.317 e. The number of rotatable bonds is 9. The summed E-state index contributed by atoms with van der Waals surface area (Å²) in [5.41, 5.74) is 0.853. The number of aromatic nitrogens is 3. The predicted octanol–water partition coefficient (Wildman–Crippen LogP) is 1.91. The molecule has 8 nitrogen and oxygen atoms in total. The van der Waals surface area contributed by atoms with Gasteiger partial charge in [0.1, 0.15) is 11.6 Å². The fourth-order valence-corrected chi connectivity index (χ4v) is 2.97. The van der Waals surface area contributed by atoms with Crippen LogP contribution in [0, 0.1) is 6.92 Å². The third-order valence-electron chi connectivity index (χ3n) is 3.54. The van der Waals surface area contributed by atoms with E-state index in [9.17, 15) is 9.59 Å². The lowest BCUT2D eigenvalue weighted by atomic mass is 10.3. The van der Waals surface area contributed by atoms with E-state index in [0.29, 0.717) is 17.5 Å². The topological polar surface area (TPSA) is 95.3 Å². The van der Waals surface area contributed by atoms with E-state index in [4.69, 9.17) is 9.47 Å². The van der Waals surface area contributed by atoms with Crippen LogP contribution < -0.4 is 10.1 Å². The van der Waals surface area contributed by atoms with Gasteiger partial charge in [0.15, 0.2) is 11.3 Å². The van der Waals surface area contributed by atoms with Gasteiger partial charge in [-0.1, -0.05) is 17.8 Å². The van der Waals surface area contributed by atoms with Crippen molar-refractivity contribution in [2.24, 2.45) is 0 Å². The maximum atomic E-state index is 12.0. The van der Waals surface area contributed by atoms with Crippen molar-refractivity contribution in [3.05, 3.63) is 42.7 Å². The first-order valence-electron chi connectivity index (χ1n) is 8.23. The minimum absolute atomic E-state index is 0.00731. The van der Waals surface area contributed by atoms with Gasteiger partial charge >= 0.3 is 5.97 Å². The Morgan fingerprint density at radius 3 is 2.67 bits per heavy atom. The van der Waals surface area contributed by atoms with Crippen LogP contribution in [-0.4, -0.2) is 52.2 Å². The number of hydrogen-bond donors (Lipinski definition) is 1. The minimum atomic E-state index is -0.876. The molecule has 27 heavy (non-hydrogen) atoms. The predicted molar refractivity (Wildman–Crippen MR) is 102 cm³/mol. The van der Waals surface area contributed by atoms with Crippen molar-refractivity contribution in [3.63, 3.8) is 0 Å². The van der Waals surface area contributed by atoms with E-state index < -0.39 is 12.1 Å². The molecule has 0 saturated carbocycles. The Labute approximate surface area is 161 Å². The van der Waals surface area contributed by atoms with Gasteiger partial charge in [-0.2, -0.15) is 0 Å². The van der Waals surface area contributed by atoms with E-state index >= 15 is 0 Å². The van der Waals surface area contributed by atoms with Crippen molar-refractivity contribution in [3.8, 4) is 11.4 Å². The smallest absolute Gasteiger partial charge is 0.317 e. The fourth-order valence-electron chi connectivity index (χ4n) is 2.19. The van der Waals surface area contributed by atoms with Crippen LogP contribution in [0.3, 0.4) is 0 Å². The number of carbonyl (C=O) groups is 2. The molecule has 1 atom stereocenters. The Balaban J connectivity index is 1.99. The summed E-state index contributed by atoms with van der Waals surface area (Å²) in [4.78, 5) is 23.8. The SMILES string of the molecule is C=CCNC(=O)[C@@H](C)OC(=O)CSc1nnc(C)n1-c1ccc(OC)cc1. The Hall–Kier alpha value is -2.81. The zero-order valence-corrected chi connectivity index (χ0v) is 16.3. The first-order valence-corrected chi connectivity index (χ1v) is 9.22. The third-order valence-corrected chi connectivity index (χ3v) is 4.45. The van der Waals surface area contributed by atoms with Gasteiger partial charge in [-0.05, 0) is 38.1 Å².